The second kappa shape index (κ2) is 6.36. The minimum atomic E-state index is 0.547. The van der Waals surface area contributed by atoms with E-state index >= 15 is 0 Å². The molecule has 3 heteroatoms. The summed E-state index contributed by atoms with van der Waals surface area (Å²) in [5, 5.41) is 8.52. The molecular formula is C14H19N3. The van der Waals surface area contributed by atoms with E-state index < -0.39 is 0 Å². The van der Waals surface area contributed by atoms with E-state index in [-0.39, 0.29) is 0 Å². The molecule has 0 N–H and O–H groups in total. The Balaban J connectivity index is 1.87. The Hall–Kier alpha value is -1.40. The van der Waals surface area contributed by atoms with Crippen molar-refractivity contribution in [2.45, 2.75) is 38.1 Å². The van der Waals surface area contributed by atoms with Gasteiger partial charge in [-0.05, 0) is 50.4 Å². The van der Waals surface area contributed by atoms with Crippen molar-refractivity contribution in [3.63, 3.8) is 0 Å². The van der Waals surface area contributed by atoms with Crippen LogP contribution in [0, 0.1) is 11.3 Å². The topological polar surface area (TPSA) is 39.9 Å². The molecule has 17 heavy (non-hydrogen) atoms. The average Bonchev–Trinajstić information content (AvgIpc) is 2.84. The first-order chi connectivity index (χ1) is 8.42. The lowest BCUT2D eigenvalue weighted by Crippen LogP contribution is -2.24. The first-order valence-electron chi connectivity index (χ1n) is 6.43. The zero-order valence-electron chi connectivity index (χ0n) is 10.2. The molecule has 0 amide bonds. The summed E-state index contributed by atoms with van der Waals surface area (Å²) in [5.74, 6) is 0. The van der Waals surface area contributed by atoms with E-state index in [1.165, 1.54) is 24.9 Å². The van der Waals surface area contributed by atoms with E-state index in [2.05, 4.69) is 22.0 Å². The molecule has 0 saturated carbocycles. The Kier molecular flexibility index (Phi) is 4.52. The molecule has 0 bridgehead atoms. The highest BCUT2D eigenvalue weighted by atomic mass is 15.2. The predicted molar refractivity (Wildman–Crippen MR) is 67.2 cm³/mol. The molecule has 0 spiro atoms. The van der Waals surface area contributed by atoms with E-state index in [0.717, 1.165) is 19.4 Å². The van der Waals surface area contributed by atoms with E-state index in [1.54, 1.807) is 0 Å². The molecule has 1 fully saturated rings. The molecule has 0 aliphatic carbocycles. The van der Waals surface area contributed by atoms with Gasteiger partial charge in [0.2, 0.25) is 0 Å². The van der Waals surface area contributed by atoms with Gasteiger partial charge in [-0.25, -0.2) is 0 Å². The lowest BCUT2D eigenvalue weighted by Gasteiger charge is -2.24. The summed E-state index contributed by atoms with van der Waals surface area (Å²) in [6.07, 6.45) is 9.16. The van der Waals surface area contributed by atoms with Crippen LogP contribution in [-0.2, 0) is 0 Å². The zero-order chi connectivity index (χ0) is 11.9. The summed E-state index contributed by atoms with van der Waals surface area (Å²) in [6.45, 7) is 2.30. The van der Waals surface area contributed by atoms with Crippen LogP contribution in [0.25, 0.3) is 0 Å². The number of nitrogens with zero attached hydrogens (tertiary/aromatic N) is 3. The van der Waals surface area contributed by atoms with Crippen LogP contribution in [0.1, 0.15) is 43.7 Å². The fourth-order valence-electron chi connectivity index (χ4n) is 2.56. The van der Waals surface area contributed by atoms with Crippen LogP contribution in [0.3, 0.4) is 0 Å². The molecule has 3 nitrogen and oxygen atoms in total. The summed E-state index contributed by atoms with van der Waals surface area (Å²) in [6, 6.07) is 6.94. The van der Waals surface area contributed by atoms with Gasteiger partial charge in [-0.3, -0.25) is 9.88 Å². The number of unbranched alkanes of at least 4 members (excludes halogenated alkanes) is 2. The molecule has 0 radical (unpaired) electrons. The van der Waals surface area contributed by atoms with Gasteiger partial charge >= 0.3 is 0 Å². The van der Waals surface area contributed by atoms with E-state index in [4.69, 9.17) is 5.26 Å². The van der Waals surface area contributed by atoms with Crippen molar-refractivity contribution < 1.29 is 0 Å². The Morgan fingerprint density at radius 2 is 2.41 bits per heavy atom. The summed E-state index contributed by atoms with van der Waals surface area (Å²) >= 11 is 0. The van der Waals surface area contributed by atoms with Gasteiger partial charge in [0.05, 0.1) is 6.07 Å². The number of likely N-dealkylation sites (tertiary alicyclic amines) is 1. The number of hydrogen-bond donors (Lipinski definition) is 0. The van der Waals surface area contributed by atoms with Crippen LogP contribution in [0.2, 0.25) is 0 Å². The number of aromatic nitrogens is 1. The molecule has 1 aromatic heterocycles. The van der Waals surface area contributed by atoms with Crippen LogP contribution >= 0.6 is 0 Å². The first kappa shape index (κ1) is 12.1. The lowest BCUT2D eigenvalue weighted by molar-refractivity contribution is 0.252. The van der Waals surface area contributed by atoms with Gasteiger partial charge in [0.25, 0.3) is 0 Å². The Bertz CT molecular complexity index is 369. The highest BCUT2D eigenvalue weighted by Gasteiger charge is 2.25. The first-order valence-corrected chi connectivity index (χ1v) is 6.43. The summed E-state index contributed by atoms with van der Waals surface area (Å²) in [7, 11) is 0. The van der Waals surface area contributed by atoms with Gasteiger partial charge in [-0.15, -0.1) is 0 Å². The average molecular weight is 229 g/mol. The van der Waals surface area contributed by atoms with Crippen molar-refractivity contribution in [2.24, 2.45) is 0 Å². The third-order valence-electron chi connectivity index (χ3n) is 3.42. The van der Waals surface area contributed by atoms with Crippen LogP contribution in [0.4, 0.5) is 0 Å². The fraction of sp³-hybridized carbons (Fsp3) is 0.571. The quantitative estimate of drug-likeness (QED) is 0.729. The van der Waals surface area contributed by atoms with Crippen molar-refractivity contribution in [2.75, 3.05) is 13.1 Å². The van der Waals surface area contributed by atoms with E-state index in [9.17, 15) is 0 Å². The Morgan fingerprint density at radius 1 is 1.47 bits per heavy atom. The Morgan fingerprint density at radius 3 is 3.18 bits per heavy atom. The normalized spacial score (nSPS) is 20.3. The van der Waals surface area contributed by atoms with Crippen LogP contribution < -0.4 is 0 Å². The molecule has 0 aromatic carbocycles. The van der Waals surface area contributed by atoms with Crippen LogP contribution in [-0.4, -0.2) is 23.0 Å². The largest absolute Gasteiger partial charge is 0.296 e. The van der Waals surface area contributed by atoms with Crippen LogP contribution in [0.15, 0.2) is 24.5 Å². The second-order valence-electron chi connectivity index (χ2n) is 4.60. The summed E-state index contributed by atoms with van der Waals surface area (Å²) < 4.78 is 0. The summed E-state index contributed by atoms with van der Waals surface area (Å²) in [5.41, 5.74) is 1.34. The van der Waals surface area contributed by atoms with Gasteiger partial charge in [-0.1, -0.05) is 6.07 Å². The van der Waals surface area contributed by atoms with Gasteiger partial charge in [0.1, 0.15) is 0 Å². The van der Waals surface area contributed by atoms with Gasteiger partial charge < -0.3 is 0 Å². The third kappa shape index (κ3) is 3.28. The molecule has 1 aliphatic heterocycles. The molecule has 2 rings (SSSR count). The molecule has 0 unspecified atom stereocenters. The lowest BCUT2D eigenvalue weighted by atomic mass is 10.1. The van der Waals surface area contributed by atoms with Crippen molar-refractivity contribution in [1.29, 1.82) is 5.26 Å². The van der Waals surface area contributed by atoms with Crippen molar-refractivity contribution in [1.82, 2.24) is 9.88 Å². The minimum absolute atomic E-state index is 0.547. The van der Waals surface area contributed by atoms with E-state index in [1.807, 2.05) is 18.5 Å². The highest BCUT2D eigenvalue weighted by Crippen LogP contribution is 2.31. The van der Waals surface area contributed by atoms with Gasteiger partial charge in [0.15, 0.2) is 0 Å². The summed E-state index contributed by atoms with van der Waals surface area (Å²) in [4.78, 5) is 6.74. The molecule has 2 heterocycles. The van der Waals surface area contributed by atoms with E-state index in [0.29, 0.717) is 12.5 Å². The van der Waals surface area contributed by atoms with Crippen LogP contribution in [0.5, 0.6) is 0 Å². The monoisotopic (exact) mass is 229 g/mol. The van der Waals surface area contributed by atoms with Crippen molar-refractivity contribution >= 4 is 0 Å². The van der Waals surface area contributed by atoms with Crippen molar-refractivity contribution in [3.05, 3.63) is 30.1 Å². The molecule has 90 valence electrons. The number of rotatable bonds is 5. The predicted octanol–water partition coefficient (Wildman–Crippen LogP) is 2.91. The molecule has 1 aromatic rings. The molecule has 1 saturated heterocycles. The standard InChI is InChI=1S/C14H19N3/c15-8-2-1-3-10-17-11-5-7-14(17)13-6-4-9-16-12-13/h4,6,9,12,14H,1-3,5,7,10-11H2/t14-/m0/s1. The maximum Gasteiger partial charge on any atom is 0.0621 e. The minimum Gasteiger partial charge on any atom is -0.296 e. The van der Waals surface area contributed by atoms with Gasteiger partial charge in [-0.2, -0.15) is 5.26 Å². The Labute approximate surface area is 103 Å². The zero-order valence-corrected chi connectivity index (χ0v) is 10.2. The number of hydrogen-bond acceptors (Lipinski definition) is 3. The second-order valence-corrected chi connectivity index (χ2v) is 4.60. The smallest absolute Gasteiger partial charge is 0.0621 e. The number of pyridine rings is 1. The highest BCUT2D eigenvalue weighted by molar-refractivity contribution is 5.15. The molecule has 1 atom stereocenters. The van der Waals surface area contributed by atoms with Gasteiger partial charge in [0, 0.05) is 24.9 Å². The maximum atomic E-state index is 8.52. The SMILES string of the molecule is N#CCCCCN1CCC[C@H]1c1cccnc1. The molecular weight excluding hydrogens is 210 g/mol. The third-order valence-corrected chi connectivity index (χ3v) is 3.42. The van der Waals surface area contributed by atoms with Crippen molar-refractivity contribution in [3.8, 4) is 6.07 Å². The maximum absolute atomic E-state index is 8.52. The molecule has 1 aliphatic rings. The number of nitriles is 1. The fourth-order valence-corrected chi connectivity index (χ4v) is 2.56.